The average Bonchev–Trinajstić information content (AvgIpc) is 3.04. The minimum Gasteiger partial charge on any atom is -0.346 e. The molecule has 1 aromatic carbocycles. The highest BCUT2D eigenvalue weighted by Crippen LogP contribution is 2.34. The smallest absolute Gasteiger partial charge is 0.185 e. The third-order valence-corrected chi connectivity index (χ3v) is 5.66. The second kappa shape index (κ2) is 6.14. The number of benzene rings is 1. The van der Waals surface area contributed by atoms with Crippen molar-refractivity contribution >= 4 is 43.3 Å². The van der Waals surface area contributed by atoms with Crippen molar-refractivity contribution in [3.05, 3.63) is 35.2 Å². The molecule has 1 fully saturated rings. The first-order chi connectivity index (χ1) is 11.2. The maximum atomic E-state index is 4.62. The van der Waals surface area contributed by atoms with E-state index in [9.17, 15) is 0 Å². The molecule has 2 aromatic heterocycles. The molecule has 5 nitrogen and oxygen atoms in total. The summed E-state index contributed by atoms with van der Waals surface area (Å²) < 4.78 is 1.03. The van der Waals surface area contributed by atoms with Gasteiger partial charge in [0.1, 0.15) is 6.33 Å². The number of likely N-dealkylation sites (N-methyl/N-ethyl adjacent to an activating group) is 1. The quantitative estimate of drug-likeness (QED) is 0.672. The Morgan fingerprint density at radius 3 is 2.74 bits per heavy atom. The van der Waals surface area contributed by atoms with Gasteiger partial charge in [0.25, 0.3) is 0 Å². The molecule has 1 aliphatic rings. The van der Waals surface area contributed by atoms with E-state index < -0.39 is 0 Å². The molecule has 0 saturated carbocycles. The van der Waals surface area contributed by atoms with E-state index in [0.29, 0.717) is 0 Å². The van der Waals surface area contributed by atoms with Crippen molar-refractivity contribution in [2.24, 2.45) is 0 Å². The molecule has 3 heterocycles. The van der Waals surface area contributed by atoms with E-state index in [1.807, 2.05) is 18.3 Å². The van der Waals surface area contributed by atoms with E-state index >= 15 is 0 Å². The predicted molar refractivity (Wildman–Crippen MR) is 98.1 cm³/mol. The summed E-state index contributed by atoms with van der Waals surface area (Å²) in [6.07, 6.45) is 3.56. The summed E-state index contributed by atoms with van der Waals surface area (Å²) in [6, 6.07) is 6.08. The zero-order valence-corrected chi connectivity index (χ0v) is 15.1. The van der Waals surface area contributed by atoms with Crippen LogP contribution in [0.3, 0.4) is 0 Å². The monoisotopic (exact) mass is 389 g/mol. The number of piperazine rings is 1. The van der Waals surface area contributed by atoms with Gasteiger partial charge in [-0.05, 0) is 25.2 Å². The summed E-state index contributed by atoms with van der Waals surface area (Å²) >= 11 is 5.24. The summed E-state index contributed by atoms with van der Waals surface area (Å²) in [5.74, 6) is 0. The molecule has 7 heteroatoms. The van der Waals surface area contributed by atoms with Gasteiger partial charge in [-0.3, -0.25) is 0 Å². The van der Waals surface area contributed by atoms with E-state index in [1.54, 1.807) is 17.7 Å². The summed E-state index contributed by atoms with van der Waals surface area (Å²) in [6.45, 7) is 4.22. The zero-order chi connectivity index (χ0) is 15.8. The molecule has 0 amide bonds. The highest BCUT2D eigenvalue weighted by molar-refractivity contribution is 9.10. The van der Waals surface area contributed by atoms with Crippen molar-refractivity contribution in [1.29, 1.82) is 0 Å². The van der Waals surface area contributed by atoms with E-state index in [1.165, 1.54) is 0 Å². The minimum atomic E-state index is 0.952. The summed E-state index contributed by atoms with van der Waals surface area (Å²) in [5, 5.41) is 2.13. The molecule has 1 aliphatic heterocycles. The van der Waals surface area contributed by atoms with Gasteiger partial charge in [0.05, 0.1) is 16.1 Å². The lowest BCUT2D eigenvalue weighted by Crippen LogP contribution is -2.44. The number of anilines is 1. The standard InChI is InChI=1S/C16H16BrN5S/c1-21-4-6-22(7-5-21)16-18-9-14(23-16)15-12-8-11(17)2-3-13(12)19-10-20-15/h2-3,8-10H,4-7H2,1H3. The van der Waals surface area contributed by atoms with Crippen LogP contribution in [0.1, 0.15) is 0 Å². The molecule has 0 radical (unpaired) electrons. The van der Waals surface area contributed by atoms with Crippen LogP contribution in [-0.2, 0) is 0 Å². The van der Waals surface area contributed by atoms with Crippen LogP contribution in [-0.4, -0.2) is 53.1 Å². The van der Waals surface area contributed by atoms with Crippen molar-refractivity contribution in [3.8, 4) is 10.6 Å². The van der Waals surface area contributed by atoms with E-state index in [0.717, 1.165) is 57.3 Å². The third kappa shape index (κ3) is 2.96. The fraction of sp³-hybridized carbons (Fsp3) is 0.312. The maximum absolute atomic E-state index is 4.62. The van der Waals surface area contributed by atoms with Gasteiger partial charge in [-0.15, -0.1) is 0 Å². The lowest BCUT2D eigenvalue weighted by molar-refractivity contribution is 0.313. The molecule has 0 atom stereocenters. The molecule has 4 rings (SSSR count). The molecule has 0 N–H and O–H groups in total. The minimum absolute atomic E-state index is 0.952. The summed E-state index contributed by atoms with van der Waals surface area (Å²) in [5.41, 5.74) is 1.90. The normalized spacial score (nSPS) is 16.2. The number of fused-ring (bicyclic) bond motifs is 1. The van der Waals surface area contributed by atoms with Crippen LogP contribution in [0.4, 0.5) is 5.13 Å². The van der Waals surface area contributed by atoms with Crippen LogP contribution in [0.5, 0.6) is 0 Å². The lowest BCUT2D eigenvalue weighted by atomic mass is 10.2. The SMILES string of the molecule is CN1CCN(c2ncc(-c3ncnc4ccc(Br)cc34)s2)CC1. The second-order valence-electron chi connectivity index (χ2n) is 5.68. The number of hydrogen-bond donors (Lipinski definition) is 0. The lowest BCUT2D eigenvalue weighted by Gasteiger charge is -2.32. The Labute approximate surface area is 147 Å². The highest BCUT2D eigenvalue weighted by atomic mass is 79.9. The van der Waals surface area contributed by atoms with E-state index in [-0.39, 0.29) is 0 Å². The molecule has 23 heavy (non-hydrogen) atoms. The molecule has 0 aliphatic carbocycles. The second-order valence-corrected chi connectivity index (χ2v) is 7.61. The predicted octanol–water partition coefficient (Wildman–Crippen LogP) is 3.27. The summed E-state index contributed by atoms with van der Waals surface area (Å²) in [4.78, 5) is 19.3. The average molecular weight is 390 g/mol. The van der Waals surface area contributed by atoms with Gasteiger partial charge >= 0.3 is 0 Å². The van der Waals surface area contributed by atoms with Gasteiger partial charge in [0, 0.05) is 42.2 Å². The van der Waals surface area contributed by atoms with Gasteiger partial charge in [-0.2, -0.15) is 0 Å². The number of hydrogen-bond acceptors (Lipinski definition) is 6. The van der Waals surface area contributed by atoms with Gasteiger partial charge in [0.15, 0.2) is 5.13 Å². The molecular weight excluding hydrogens is 374 g/mol. The van der Waals surface area contributed by atoms with Crippen LogP contribution in [0.25, 0.3) is 21.5 Å². The maximum Gasteiger partial charge on any atom is 0.185 e. The Balaban J connectivity index is 1.70. The number of halogens is 1. The van der Waals surface area contributed by atoms with Crippen LogP contribution in [0, 0.1) is 0 Å². The van der Waals surface area contributed by atoms with E-state index in [2.05, 4.69) is 53.8 Å². The van der Waals surface area contributed by atoms with Gasteiger partial charge in [-0.25, -0.2) is 15.0 Å². The Bertz CT molecular complexity index is 841. The number of thiazole rings is 1. The van der Waals surface area contributed by atoms with Crippen molar-refractivity contribution in [1.82, 2.24) is 19.9 Å². The Hall–Kier alpha value is -1.57. The fourth-order valence-corrected chi connectivity index (χ4v) is 4.08. The topological polar surface area (TPSA) is 45.2 Å². The molecule has 118 valence electrons. The van der Waals surface area contributed by atoms with Crippen LogP contribution < -0.4 is 4.90 Å². The highest BCUT2D eigenvalue weighted by Gasteiger charge is 2.18. The fourth-order valence-electron chi connectivity index (χ4n) is 2.74. The first-order valence-corrected chi connectivity index (χ1v) is 9.11. The molecule has 0 spiro atoms. The van der Waals surface area contributed by atoms with Gasteiger partial charge in [0.2, 0.25) is 0 Å². The Kier molecular flexibility index (Phi) is 4.00. The third-order valence-electron chi connectivity index (χ3n) is 4.10. The largest absolute Gasteiger partial charge is 0.346 e. The van der Waals surface area contributed by atoms with Crippen molar-refractivity contribution in [3.63, 3.8) is 0 Å². The zero-order valence-electron chi connectivity index (χ0n) is 12.7. The van der Waals surface area contributed by atoms with Crippen LogP contribution >= 0.6 is 27.3 Å². The van der Waals surface area contributed by atoms with Crippen molar-refractivity contribution in [2.75, 3.05) is 38.1 Å². The van der Waals surface area contributed by atoms with E-state index in [4.69, 9.17) is 0 Å². The first kappa shape index (κ1) is 15.0. The number of nitrogens with zero attached hydrogens (tertiary/aromatic N) is 5. The van der Waals surface area contributed by atoms with Crippen LogP contribution in [0.15, 0.2) is 35.2 Å². The van der Waals surface area contributed by atoms with Gasteiger partial charge in [-0.1, -0.05) is 27.3 Å². The Morgan fingerprint density at radius 1 is 1.09 bits per heavy atom. The molecule has 0 bridgehead atoms. The van der Waals surface area contributed by atoms with Crippen molar-refractivity contribution in [2.45, 2.75) is 0 Å². The Morgan fingerprint density at radius 2 is 1.91 bits per heavy atom. The molecule has 0 unspecified atom stereocenters. The van der Waals surface area contributed by atoms with Crippen molar-refractivity contribution < 1.29 is 0 Å². The molecule has 3 aromatic rings. The number of rotatable bonds is 2. The molecular formula is C16H16BrN5S. The number of aromatic nitrogens is 3. The van der Waals surface area contributed by atoms with Gasteiger partial charge < -0.3 is 9.80 Å². The first-order valence-electron chi connectivity index (χ1n) is 7.51. The van der Waals surface area contributed by atoms with Crippen LogP contribution in [0.2, 0.25) is 0 Å². The molecule has 1 saturated heterocycles. The summed E-state index contributed by atoms with van der Waals surface area (Å²) in [7, 11) is 2.16.